The summed E-state index contributed by atoms with van der Waals surface area (Å²) < 4.78 is 0. The summed E-state index contributed by atoms with van der Waals surface area (Å²) in [5.41, 5.74) is 8.83. The Labute approximate surface area is 244 Å². The summed E-state index contributed by atoms with van der Waals surface area (Å²) in [6, 6.07) is 39.5. The van der Waals surface area contributed by atoms with E-state index in [0.29, 0.717) is 17.0 Å². The predicted molar refractivity (Wildman–Crippen MR) is 173 cm³/mol. The Morgan fingerprint density at radius 2 is 1.15 bits per heavy atom. The second kappa shape index (κ2) is 13.4. The number of rotatable bonds is 5. The molecule has 5 aromatic rings. The molecule has 0 radical (unpaired) electrons. The van der Waals surface area contributed by atoms with Crippen LogP contribution in [-0.4, -0.2) is 0 Å². The summed E-state index contributed by atoms with van der Waals surface area (Å²) in [5, 5.41) is 21.4. The molecule has 5 rings (SSSR count). The Morgan fingerprint density at radius 3 is 1.68 bits per heavy atom. The number of nitrogens with zero attached hydrogens (tertiary/aromatic N) is 2. The lowest BCUT2D eigenvalue weighted by atomic mass is 9.89. The van der Waals surface area contributed by atoms with E-state index in [-0.39, 0.29) is 0 Å². The number of fused-ring (bicyclic) bond motifs is 1. The third-order valence-corrected chi connectivity index (χ3v) is 7.09. The first kappa shape index (κ1) is 29.1. The summed E-state index contributed by atoms with van der Waals surface area (Å²) in [5.74, 6) is 1.22. The zero-order valence-corrected chi connectivity index (χ0v) is 24.5. The van der Waals surface area contributed by atoms with E-state index < -0.39 is 0 Å². The molecule has 2 nitrogen and oxygen atoms in total. The molecule has 0 aromatic heterocycles. The molecule has 0 N–H and O–H groups in total. The van der Waals surface area contributed by atoms with Gasteiger partial charge in [0.15, 0.2) is 0 Å². The van der Waals surface area contributed by atoms with Gasteiger partial charge in [-0.2, -0.15) is 10.5 Å². The van der Waals surface area contributed by atoms with E-state index in [1.54, 1.807) is 6.07 Å². The highest BCUT2D eigenvalue weighted by Gasteiger charge is 2.12. The smallest absolute Gasteiger partial charge is 0.0992 e. The van der Waals surface area contributed by atoms with Crippen molar-refractivity contribution < 1.29 is 0 Å². The molecule has 0 unspecified atom stereocenters. The highest BCUT2D eigenvalue weighted by molar-refractivity contribution is 6.05. The SMILES string of the molecule is C/C=C\C(C)C.CC(C)c1ccc(-c2ccc(-c3cc(C#N)cc(-c4cccc(C#N)c4)c3)c3ccccc23)cc1. The molecule has 2 heteroatoms. The third-order valence-electron chi connectivity index (χ3n) is 7.09. The maximum Gasteiger partial charge on any atom is 0.0992 e. The highest BCUT2D eigenvalue weighted by Crippen LogP contribution is 2.37. The van der Waals surface area contributed by atoms with Gasteiger partial charge in [0.2, 0.25) is 0 Å². The van der Waals surface area contributed by atoms with E-state index in [4.69, 9.17) is 0 Å². The van der Waals surface area contributed by atoms with E-state index in [0.717, 1.165) is 33.6 Å². The molecular weight excluding hydrogens is 496 g/mol. The fourth-order valence-electron chi connectivity index (χ4n) is 5.02. The van der Waals surface area contributed by atoms with Gasteiger partial charge in [-0.15, -0.1) is 0 Å². The van der Waals surface area contributed by atoms with Crippen LogP contribution >= 0.6 is 0 Å². The number of allylic oxidation sites excluding steroid dienone is 2. The second-order valence-corrected chi connectivity index (χ2v) is 10.9. The van der Waals surface area contributed by atoms with E-state index >= 15 is 0 Å². The fourth-order valence-corrected chi connectivity index (χ4v) is 5.02. The van der Waals surface area contributed by atoms with E-state index in [2.05, 4.69) is 119 Å². The van der Waals surface area contributed by atoms with Gasteiger partial charge >= 0.3 is 0 Å². The van der Waals surface area contributed by atoms with Gasteiger partial charge in [0.1, 0.15) is 0 Å². The van der Waals surface area contributed by atoms with Gasteiger partial charge in [-0.25, -0.2) is 0 Å². The first-order valence-electron chi connectivity index (χ1n) is 14.2. The second-order valence-electron chi connectivity index (χ2n) is 10.9. The molecule has 0 amide bonds. The quantitative estimate of drug-likeness (QED) is 0.211. The Balaban J connectivity index is 0.000000585. The summed E-state index contributed by atoms with van der Waals surface area (Å²) in [4.78, 5) is 0. The van der Waals surface area contributed by atoms with Crippen molar-refractivity contribution in [3.8, 4) is 45.5 Å². The van der Waals surface area contributed by atoms with E-state index in [1.807, 2.05) is 37.3 Å². The molecule has 0 bridgehead atoms. The largest absolute Gasteiger partial charge is 0.192 e. The van der Waals surface area contributed by atoms with E-state index in [9.17, 15) is 10.5 Å². The van der Waals surface area contributed by atoms with Crippen molar-refractivity contribution >= 4 is 10.8 Å². The average Bonchev–Trinajstić information content (AvgIpc) is 3.00. The Kier molecular flexibility index (Phi) is 9.52. The number of benzene rings is 5. The number of hydrogen-bond donors (Lipinski definition) is 0. The van der Waals surface area contributed by atoms with Gasteiger partial charge in [0.25, 0.3) is 0 Å². The molecule has 0 saturated carbocycles. The maximum absolute atomic E-state index is 9.75. The Hall–Kier alpha value is -4.92. The van der Waals surface area contributed by atoms with Crippen molar-refractivity contribution in [2.45, 2.75) is 40.5 Å². The van der Waals surface area contributed by atoms with Crippen LogP contribution in [0.25, 0.3) is 44.2 Å². The van der Waals surface area contributed by atoms with Crippen molar-refractivity contribution in [3.63, 3.8) is 0 Å². The van der Waals surface area contributed by atoms with Crippen molar-refractivity contribution in [2.24, 2.45) is 5.92 Å². The maximum atomic E-state index is 9.75. The first-order valence-corrected chi connectivity index (χ1v) is 14.2. The van der Waals surface area contributed by atoms with Crippen LogP contribution < -0.4 is 0 Å². The van der Waals surface area contributed by atoms with Crippen LogP contribution in [0, 0.1) is 28.6 Å². The van der Waals surface area contributed by atoms with Gasteiger partial charge in [-0.05, 0) is 98.8 Å². The Bertz CT molecular complexity index is 1760. The van der Waals surface area contributed by atoms with Gasteiger partial charge in [0, 0.05) is 0 Å². The van der Waals surface area contributed by atoms with Crippen molar-refractivity contribution in [1.29, 1.82) is 10.5 Å². The molecule has 5 aromatic carbocycles. The molecule has 202 valence electrons. The van der Waals surface area contributed by atoms with Crippen molar-refractivity contribution in [2.75, 3.05) is 0 Å². The molecule has 0 aliphatic heterocycles. The zero-order valence-electron chi connectivity index (χ0n) is 24.5. The van der Waals surface area contributed by atoms with Crippen molar-refractivity contribution in [3.05, 3.63) is 132 Å². The summed E-state index contributed by atoms with van der Waals surface area (Å²) in [7, 11) is 0. The van der Waals surface area contributed by atoms with Crippen LogP contribution in [0.4, 0.5) is 0 Å². The van der Waals surface area contributed by atoms with E-state index in [1.165, 1.54) is 22.1 Å². The molecular formula is C39H36N2. The van der Waals surface area contributed by atoms with Gasteiger partial charge in [-0.3, -0.25) is 0 Å². The number of nitriles is 2. The zero-order chi connectivity index (χ0) is 29.4. The monoisotopic (exact) mass is 532 g/mol. The van der Waals surface area contributed by atoms with Crippen LogP contribution in [-0.2, 0) is 0 Å². The van der Waals surface area contributed by atoms with Crippen LogP contribution in [0.2, 0.25) is 0 Å². The summed E-state index contributed by atoms with van der Waals surface area (Å²) in [6.07, 6.45) is 4.24. The molecule has 0 aliphatic carbocycles. The minimum Gasteiger partial charge on any atom is -0.192 e. The van der Waals surface area contributed by atoms with Crippen LogP contribution in [0.3, 0.4) is 0 Å². The number of hydrogen-bond acceptors (Lipinski definition) is 2. The lowest BCUT2D eigenvalue weighted by molar-refractivity contribution is 0.830. The standard InChI is InChI=1S/C33H24N2.C6H12/c1-22(2)25-10-12-26(13-11-25)30-14-15-31(33-9-4-3-8-32(30)33)29-18-24(21-35)17-28(19-29)27-7-5-6-23(16-27)20-34;1-4-5-6(2)3/h3-19,22H,1-2H3;4-6H,1-3H3/b;5-4-. The molecule has 0 saturated heterocycles. The predicted octanol–water partition coefficient (Wildman–Crippen LogP) is 10.9. The first-order chi connectivity index (χ1) is 19.8. The Morgan fingerprint density at radius 1 is 0.561 bits per heavy atom. The van der Waals surface area contributed by atoms with Crippen LogP contribution in [0.5, 0.6) is 0 Å². The average molecular weight is 533 g/mol. The summed E-state index contributed by atoms with van der Waals surface area (Å²) >= 11 is 0. The lowest BCUT2D eigenvalue weighted by Crippen LogP contribution is -1.90. The van der Waals surface area contributed by atoms with Gasteiger partial charge < -0.3 is 0 Å². The van der Waals surface area contributed by atoms with Gasteiger partial charge in [-0.1, -0.05) is 113 Å². The molecule has 0 heterocycles. The molecule has 0 spiro atoms. The highest BCUT2D eigenvalue weighted by atomic mass is 14.2. The molecule has 0 atom stereocenters. The molecule has 41 heavy (non-hydrogen) atoms. The topological polar surface area (TPSA) is 47.6 Å². The molecule has 0 aliphatic rings. The van der Waals surface area contributed by atoms with Gasteiger partial charge in [0.05, 0.1) is 23.3 Å². The minimum atomic E-state index is 0.499. The lowest BCUT2D eigenvalue weighted by Gasteiger charge is -2.14. The minimum absolute atomic E-state index is 0.499. The van der Waals surface area contributed by atoms with Crippen LogP contribution in [0.1, 0.15) is 57.2 Å². The fraction of sp³-hybridized carbons (Fsp3) is 0.179. The van der Waals surface area contributed by atoms with Crippen LogP contribution in [0.15, 0.2) is 115 Å². The normalized spacial score (nSPS) is 10.9. The summed E-state index contributed by atoms with van der Waals surface area (Å²) in [6.45, 7) is 10.8. The third kappa shape index (κ3) is 7.00. The van der Waals surface area contributed by atoms with Crippen molar-refractivity contribution in [1.82, 2.24) is 0 Å². The molecule has 0 fully saturated rings.